The minimum Gasteiger partial charge on any atom is -0.319 e. The van der Waals surface area contributed by atoms with E-state index < -0.39 is 13.1 Å². The lowest BCUT2D eigenvalue weighted by Crippen LogP contribution is -1.94. The van der Waals surface area contributed by atoms with Gasteiger partial charge in [-0.3, -0.25) is 9.36 Å². The summed E-state index contributed by atoms with van der Waals surface area (Å²) in [5.74, 6) is 0. The Labute approximate surface area is 46.7 Å². The fraction of sp³-hybridized carbons (Fsp3) is 0.667. The maximum Gasteiger partial charge on any atom is 0.391 e. The van der Waals surface area contributed by atoms with Crippen molar-refractivity contribution in [1.29, 1.82) is 0 Å². The number of hydrogen-bond acceptors (Lipinski definition) is 2. The highest BCUT2D eigenvalue weighted by molar-refractivity contribution is 7.70. The summed E-state index contributed by atoms with van der Waals surface area (Å²) in [6.45, 7) is 1.40. The molecule has 0 radical (unpaired) electrons. The van der Waals surface area contributed by atoms with E-state index in [-0.39, 0.29) is 6.42 Å². The van der Waals surface area contributed by atoms with Crippen LogP contribution in [0.25, 0.3) is 0 Å². The molecule has 0 saturated carbocycles. The Morgan fingerprint density at radius 3 is 2.00 bits per heavy atom. The highest BCUT2D eigenvalue weighted by Crippen LogP contribution is 2.36. The largest absolute Gasteiger partial charge is 0.391 e. The second-order valence-corrected chi connectivity index (χ2v) is 2.88. The number of hydrogen-bond donors (Lipinski definition) is 2. The third-order valence-electron chi connectivity index (χ3n) is 0.627. The number of rotatable bonds is 2. The summed E-state index contributed by atoms with van der Waals surface area (Å²) in [4.78, 5) is 26.2. The zero-order chi connectivity index (χ0) is 6.78. The number of carbonyl (C=O) groups is 1. The molecule has 0 aromatic heterocycles. The quantitative estimate of drug-likeness (QED) is 0.530. The van der Waals surface area contributed by atoms with Crippen LogP contribution in [0.15, 0.2) is 0 Å². The molecule has 0 aromatic carbocycles. The van der Waals surface area contributed by atoms with E-state index in [0.29, 0.717) is 0 Å². The van der Waals surface area contributed by atoms with Gasteiger partial charge in [0.25, 0.3) is 0 Å². The fourth-order valence-corrected chi connectivity index (χ4v) is 0.618. The van der Waals surface area contributed by atoms with Gasteiger partial charge in [-0.1, -0.05) is 6.92 Å². The van der Waals surface area contributed by atoms with Gasteiger partial charge in [0.05, 0.1) is 0 Å². The Morgan fingerprint density at radius 1 is 1.62 bits per heavy atom. The van der Waals surface area contributed by atoms with Crippen LogP contribution in [0, 0.1) is 0 Å². The van der Waals surface area contributed by atoms with Crippen molar-refractivity contribution in [3.05, 3.63) is 0 Å². The first kappa shape index (κ1) is 7.82. The van der Waals surface area contributed by atoms with E-state index in [4.69, 9.17) is 9.79 Å². The molecular weight excluding hydrogens is 131 g/mol. The summed E-state index contributed by atoms with van der Waals surface area (Å²) >= 11 is 0. The SMILES string of the molecule is CCC(=O)P(=O)(O)O. The van der Waals surface area contributed by atoms with Crippen LogP contribution >= 0.6 is 7.60 Å². The summed E-state index contributed by atoms with van der Waals surface area (Å²) in [7, 11) is -4.40. The van der Waals surface area contributed by atoms with Gasteiger partial charge in [0.1, 0.15) is 0 Å². The van der Waals surface area contributed by atoms with Crippen molar-refractivity contribution < 1.29 is 19.1 Å². The predicted octanol–water partition coefficient (Wildman–Crippen LogP) is 0.101. The monoisotopic (exact) mass is 138 g/mol. The standard InChI is InChI=1S/C3H7O4P/c1-2-3(4)8(5,6)7/h2H2,1H3,(H2,5,6,7). The van der Waals surface area contributed by atoms with E-state index in [2.05, 4.69) is 0 Å². The zero-order valence-electron chi connectivity index (χ0n) is 4.37. The van der Waals surface area contributed by atoms with Crippen molar-refractivity contribution >= 4 is 13.1 Å². The molecule has 2 N–H and O–H groups in total. The van der Waals surface area contributed by atoms with E-state index in [1.165, 1.54) is 6.92 Å². The predicted molar refractivity (Wildman–Crippen MR) is 27.3 cm³/mol. The summed E-state index contributed by atoms with van der Waals surface area (Å²) in [5.41, 5.74) is -1.00. The highest BCUT2D eigenvalue weighted by Gasteiger charge is 2.22. The van der Waals surface area contributed by atoms with Crippen molar-refractivity contribution in [3.8, 4) is 0 Å². The Bertz CT molecular complexity index is 134. The maximum absolute atomic E-state index is 10.1. The third-order valence-corrected chi connectivity index (χ3v) is 1.59. The first-order chi connectivity index (χ1) is 3.48. The number of carbonyl (C=O) groups excluding carboxylic acids is 1. The Balaban J connectivity index is 4.04. The van der Waals surface area contributed by atoms with E-state index in [0.717, 1.165) is 0 Å². The van der Waals surface area contributed by atoms with Gasteiger partial charge in [-0.15, -0.1) is 0 Å². The van der Waals surface area contributed by atoms with E-state index >= 15 is 0 Å². The molecule has 0 aliphatic rings. The van der Waals surface area contributed by atoms with Crippen LogP contribution < -0.4 is 0 Å². The van der Waals surface area contributed by atoms with Gasteiger partial charge in [0, 0.05) is 6.42 Å². The van der Waals surface area contributed by atoms with Crippen LogP contribution in [0.2, 0.25) is 0 Å². The van der Waals surface area contributed by atoms with Gasteiger partial charge >= 0.3 is 7.60 Å². The van der Waals surface area contributed by atoms with Gasteiger partial charge in [-0.05, 0) is 0 Å². The molecule has 0 saturated heterocycles. The molecule has 0 fully saturated rings. The molecule has 0 atom stereocenters. The zero-order valence-corrected chi connectivity index (χ0v) is 5.26. The molecule has 0 amide bonds. The molecule has 4 nitrogen and oxygen atoms in total. The van der Waals surface area contributed by atoms with Gasteiger partial charge in [-0.25, -0.2) is 0 Å². The minimum absolute atomic E-state index is 0.107. The van der Waals surface area contributed by atoms with Crippen LogP contribution in [0.3, 0.4) is 0 Å². The molecule has 48 valence electrons. The normalized spacial score (nSPS) is 11.4. The van der Waals surface area contributed by atoms with Crippen LogP contribution in [0.5, 0.6) is 0 Å². The molecule has 8 heavy (non-hydrogen) atoms. The van der Waals surface area contributed by atoms with E-state index in [1.807, 2.05) is 0 Å². The smallest absolute Gasteiger partial charge is 0.319 e. The topological polar surface area (TPSA) is 74.6 Å². The summed E-state index contributed by atoms with van der Waals surface area (Å²) in [6.07, 6.45) is -0.107. The minimum atomic E-state index is -4.40. The molecule has 0 rings (SSSR count). The molecule has 0 aromatic rings. The molecule has 0 aliphatic carbocycles. The lowest BCUT2D eigenvalue weighted by molar-refractivity contribution is -0.113. The van der Waals surface area contributed by atoms with Crippen molar-refractivity contribution in [1.82, 2.24) is 0 Å². The highest BCUT2D eigenvalue weighted by atomic mass is 31.2. The van der Waals surface area contributed by atoms with Crippen molar-refractivity contribution in [3.63, 3.8) is 0 Å². The molecule has 5 heteroatoms. The van der Waals surface area contributed by atoms with Gasteiger partial charge in [0.15, 0.2) is 0 Å². The average Bonchev–Trinajstić information content (AvgIpc) is 1.62. The Morgan fingerprint density at radius 2 is 2.00 bits per heavy atom. The first-order valence-electron chi connectivity index (χ1n) is 2.07. The lowest BCUT2D eigenvalue weighted by Gasteiger charge is -1.95. The second kappa shape index (κ2) is 2.40. The van der Waals surface area contributed by atoms with Crippen LogP contribution in [0.1, 0.15) is 13.3 Å². The molecule has 0 aliphatic heterocycles. The maximum atomic E-state index is 10.1. The van der Waals surface area contributed by atoms with Gasteiger partial charge in [-0.2, -0.15) is 0 Å². The summed E-state index contributed by atoms with van der Waals surface area (Å²) in [5, 5.41) is 0. The van der Waals surface area contributed by atoms with Crippen LogP contribution in [0.4, 0.5) is 0 Å². The molecule has 0 heterocycles. The first-order valence-corrected chi connectivity index (χ1v) is 3.68. The van der Waals surface area contributed by atoms with Crippen molar-refractivity contribution in [2.75, 3.05) is 0 Å². The summed E-state index contributed by atoms with van der Waals surface area (Å²) < 4.78 is 9.91. The van der Waals surface area contributed by atoms with E-state index in [9.17, 15) is 9.36 Å². The Kier molecular flexibility index (Phi) is 2.34. The second-order valence-electron chi connectivity index (χ2n) is 1.29. The van der Waals surface area contributed by atoms with Crippen LogP contribution in [-0.2, 0) is 9.36 Å². The molecular formula is C3H7O4P. The summed E-state index contributed by atoms with van der Waals surface area (Å²) in [6, 6.07) is 0. The fourth-order valence-electron chi connectivity index (χ4n) is 0.206. The molecule has 0 spiro atoms. The van der Waals surface area contributed by atoms with E-state index in [1.54, 1.807) is 0 Å². The lowest BCUT2D eigenvalue weighted by atomic mass is 10.6. The van der Waals surface area contributed by atoms with Crippen molar-refractivity contribution in [2.24, 2.45) is 0 Å². The third kappa shape index (κ3) is 2.21. The molecule has 0 bridgehead atoms. The molecule has 0 unspecified atom stereocenters. The van der Waals surface area contributed by atoms with Gasteiger partial charge in [0.2, 0.25) is 5.52 Å². The van der Waals surface area contributed by atoms with Crippen LogP contribution in [-0.4, -0.2) is 15.3 Å². The van der Waals surface area contributed by atoms with Crippen molar-refractivity contribution in [2.45, 2.75) is 13.3 Å². The Hall–Kier alpha value is -0.180. The van der Waals surface area contributed by atoms with Gasteiger partial charge < -0.3 is 9.79 Å². The average molecular weight is 138 g/mol.